The van der Waals surface area contributed by atoms with Crippen molar-refractivity contribution in [3.8, 4) is 0 Å². The van der Waals surface area contributed by atoms with Crippen LogP contribution in [0.4, 0.5) is 5.69 Å². The number of aromatic nitrogens is 2. The van der Waals surface area contributed by atoms with Crippen molar-refractivity contribution in [2.45, 2.75) is 19.4 Å². The monoisotopic (exact) mass is 213 g/mol. The number of rotatable bonds is 2. The van der Waals surface area contributed by atoms with Gasteiger partial charge < -0.3 is 4.74 Å². The standard InChI is InChI=1S/C8H11N3O4/c1-5-6(11(13)14)7(12)9-10(5)8(2)3-15-4-8/h3-4H2,1-2H3,(H,9,12). The SMILES string of the molecule is Cc1c([N+](=O)[O-])c(=O)[nH]n1C1(C)COC1. The average molecular weight is 213 g/mol. The second-order valence-electron chi connectivity index (χ2n) is 3.96. The fourth-order valence-electron chi connectivity index (χ4n) is 1.79. The maximum atomic E-state index is 11.3. The van der Waals surface area contributed by atoms with E-state index in [0.29, 0.717) is 18.9 Å². The third kappa shape index (κ3) is 1.27. The van der Waals surface area contributed by atoms with Gasteiger partial charge in [-0.3, -0.25) is 24.7 Å². The molecule has 1 aromatic heterocycles. The summed E-state index contributed by atoms with van der Waals surface area (Å²) in [6.45, 7) is 4.34. The molecule has 0 bridgehead atoms. The number of aromatic amines is 1. The largest absolute Gasteiger partial charge is 0.376 e. The van der Waals surface area contributed by atoms with Gasteiger partial charge in [0.05, 0.1) is 18.1 Å². The van der Waals surface area contributed by atoms with E-state index in [-0.39, 0.29) is 11.2 Å². The normalized spacial score (nSPS) is 18.5. The zero-order valence-electron chi connectivity index (χ0n) is 8.44. The van der Waals surface area contributed by atoms with Crippen LogP contribution in [0.3, 0.4) is 0 Å². The molecule has 1 saturated heterocycles. The Bertz CT molecular complexity index is 469. The third-order valence-corrected chi connectivity index (χ3v) is 2.65. The average Bonchev–Trinajstić information content (AvgIpc) is 2.38. The smallest absolute Gasteiger partial charge is 0.355 e. The van der Waals surface area contributed by atoms with E-state index >= 15 is 0 Å². The van der Waals surface area contributed by atoms with Crippen LogP contribution in [0.25, 0.3) is 0 Å². The molecule has 1 fully saturated rings. The van der Waals surface area contributed by atoms with E-state index < -0.39 is 10.5 Å². The van der Waals surface area contributed by atoms with Crippen LogP contribution in [0, 0.1) is 17.0 Å². The Morgan fingerprint density at radius 1 is 1.60 bits per heavy atom. The van der Waals surface area contributed by atoms with E-state index in [2.05, 4.69) is 5.10 Å². The molecular weight excluding hydrogens is 202 g/mol. The summed E-state index contributed by atoms with van der Waals surface area (Å²) in [5, 5.41) is 13.1. The molecule has 7 nitrogen and oxygen atoms in total. The minimum absolute atomic E-state index is 0.343. The quantitative estimate of drug-likeness (QED) is 0.558. The van der Waals surface area contributed by atoms with Gasteiger partial charge in [0, 0.05) is 0 Å². The summed E-state index contributed by atoms with van der Waals surface area (Å²) < 4.78 is 6.57. The Kier molecular flexibility index (Phi) is 1.93. The van der Waals surface area contributed by atoms with E-state index in [0.717, 1.165) is 0 Å². The molecule has 0 aliphatic carbocycles. The number of H-pyrrole nitrogens is 1. The Balaban J connectivity index is 2.56. The maximum Gasteiger partial charge on any atom is 0.355 e. The molecule has 1 aromatic rings. The number of nitro groups is 1. The van der Waals surface area contributed by atoms with Crippen molar-refractivity contribution in [3.63, 3.8) is 0 Å². The third-order valence-electron chi connectivity index (χ3n) is 2.65. The molecule has 1 aliphatic heterocycles. The van der Waals surface area contributed by atoms with E-state index in [9.17, 15) is 14.9 Å². The van der Waals surface area contributed by atoms with E-state index in [1.807, 2.05) is 6.92 Å². The first-order valence-electron chi connectivity index (χ1n) is 4.50. The molecule has 0 aromatic carbocycles. The zero-order chi connectivity index (χ0) is 11.2. The molecule has 0 radical (unpaired) electrons. The van der Waals surface area contributed by atoms with Crippen molar-refractivity contribution < 1.29 is 9.66 Å². The topological polar surface area (TPSA) is 90.2 Å². The minimum Gasteiger partial charge on any atom is -0.376 e. The fourth-order valence-corrected chi connectivity index (χ4v) is 1.79. The summed E-state index contributed by atoms with van der Waals surface area (Å²) in [5.41, 5.74) is -1.07. The molecular formula is C8H11N3O4. The molecule has 2 rings (SSSR count). The van der Waals surface area contributed by atoms with Crippen LogP contribution in [-0.4, -0.2) is 27.9 Å². The first-order chi connectivity index (χ1) is 6.96. The van der Waals surface area contributed by atoms with Crippen LogP contribution in [0.15, 0.2) is 4.79 Å². The molecule has 0 amide bonds. The van der Waals surface area contributed by atoms with Crippen molar-refractivity contribution in [2.75, 3.05) is 13.2 Å². The Morgan fingerprint density at radius 3 is 2.53 bits per heavy atom. The van der Waals surface area contributed by atoms with Gasteiger partial charge in [-0.1, -0.05) is 0 Å². The first-order valence-corrected chi connectivity index (χ1v) is 4.50. The van der Waals surface area contributed by atoms with Crippen LogP contribution in [0.1, 0.15) is 12.6 Å². The lowest BCUT2D eigenvalue weighted by molar-refractivity contribution is -0.386. The number of nitrogens with zero attached hydrogens (tertiary/aromatic N) is 2. The lowest BCUT2D eigenvalue weighted by Gasteiger charge is -2.39. The lowest BCUT2D eigenvalue weighted by atomic mass is 10.0. The maximum absolute atomic E-state index is 11.3. The van der Waals surface area contributed by atoms with Gasteiger partial charge in [0.2, 0.25) is 0 Å². The van der Waals surface area contributed by atoms with Gasteiger partial charge in [0.15, 0.2) is 0 Å². The second kappa shape index (κ2) is 2.93. The van der Waals surface area contributed by atoms with Crippen molar-refractivity contribution >= 4 is 5.69 Å². The fraction of sp³-hybridized carbons (Fsp3) is 0.625. The van der Waals surface area contributed by atoms with Crippen LogP contribution >= 0.6 is 0 Å². The molecule has 0 unspecified atom stereocenters. The van der Waals surface area contributed by atoms with Gasteiger partial charge in [-0.2, -0.15) is 0 Å². The molecule has 7 heteroatoms. The number of nitrogens with one attached hydrogen (secondary N) is 1. The molecule has 82 valence electrons. The highest BCUT2D eigenvalue weighted by Gasteiger charge is 2.39. The predicted molar refractivity (Wildman–Crippen MR) is 50.9 cm³/mol. The van der Waals surface area contributed by atoms with Crippen molar-refractivity contribution in [1.82, 2.24) is 9.78 Å². The summed E-state index contributed by atoms with van der Waals surface area (Å²) >= 11 is 0. The predicted octanol–water partition coefficient (Wildman–Crippen LogP) is 0.138. The summed E-state index contributed by atoms with van der Waals surface area (Å²) in [7, 11) is 0. The van der Waals surface area contributed by atoms with E-state index in [1.165, 1.54) is 4.68 Å². The number of ether oxygens (including phenoxy) is 1. The molecule has 1 N–H and O–H groups in total. The van der Waals surface area contributed by atoms with Crippen molar-refractivity contribution in [2.24, 2.45) is 0 Å². The summed E-state index contributed by atoms with van der Waals surface area (Å²) in [6.07, 6.45) is 0. The van der Waals surface area contributed by atoms with E-state index in [1.54, 1.807) is 6.92 Å². The molecule has 1 aliphatic rings. The Labute approximate surface area is 84.8 Å². The van der Waals surface area contributed by atoms with Crippen LogP contribution in [0.2, 0.25) is 0 Å². The van der Waals surface area contributed by atoms with Gasteiger partial charge in [-0.05, 0) is 13.8 Å². The van der Waals surface area contributed by atoms with Gasteiger partial charge >= 0.3 is 11.2 Å². The zero-order valence-corrected chi connectivity index (χ0v) is 8.44. The highest BCUT2D eigenvalue weighted by molar-refractivity contribution is 5.32. The van der Waals surface area contributed by atoms with Crippen molar-refractivity contribution in [3.05, 3.63) is 26.2 Å². The summed E-state index contributed by atoms with van der Waals surface area (Å²) in [4.78, 5) is 21.3. The highest BCUT2D eigenvalue weighted by Crippen LogP contribution is 2.27. The van der Waals surface area contributed by atoms with Crippen LogP contribution in [0.5, 0.6) is 0 Å². The Morgan fingerprint density at radius 2 is 2.20 bits per heavy atom. The second-order valence-corrected chi connectivity index (χ2v) is 3.96. The van der Waals surface area contributed by atoms with Gasteiger partial charge in [-0.15, -0.1) is 0 Å². The van der Waals surface area contributed by atoms with Crippen LogP contribution in [-0.2, 0) is 10.3 Å². The molecule has 15 heavy (non-hydrogen) atoms. The molecule has 2 heterocycles. The van der Waals surface area contributed by atoms with Gasteiger partial charge in [-0.25, -0.2) is 0 Å². The first kappa shape index (κ1) is 9.91. The van der Waals surface area contributed by atoms with E-state index in [4.69, 9.17) is 4.74 Å². The number of hydrogen-bond donors (Lipinski definition) is 1. The summed E-state index contributed by atoms with van der Waals surface area (Å²) in [5.74, 6) is 0. The molecule has 0 saturated carbocycles. The lowest BCUT2D eigenvalue weighted by Crippen LogP contribution is -2.50. The Hall–Kier alpha value is -1.63. The molecule has 0 atom stereocenters. The molecule has 0 spiro atoms. The van der Waals surface area contributed by atoms with Crippen LogP contribution < -0.4 is 5.56 Å². The number of hydrogen-bond acceptors (Lipinski definition) is 4. The van der Waals surface area contributed by atoms with Gasteiger partial charge in [0.1, 0.15) is 11.2 Å². The van der Waals surface area contributed by atoms with Gasteiger partial charge in [0.25, 0.3) is 0 Å². The highest BCUT2D eigenvalue weighted by atomic mass is 16.6. The van der Waals surface area contributed by atoms with Crippen molar-refractivity contribution in [1.29, 1.82) is 0 Å². The summed E-state index contributed by atoms with van der Waals surface area (Å²) in [6, 6.07) is 0. The minimum atomic E-state index is -0.661.